The number of sulfonamides is 1. The van der Waals surface area contributed by atoms with Crippen LogP contribution in [0.3, 0.4) is 0 Å². The first-order valence-corrected chi connectivity index (χ1v) is 12.6. The fourth-order valence-electron chi connectivity index (χ4n) is 3.75. The van der Waals surface area contributed by atoms with Crippen LogP contribution >= 0.6 is 11.6 Å². The lowest BCUT2D eigenvalue weighted by Gasteiger charge is -2.20. The van der Waals surface area contributed by atoms with Crippen molar-refractivity contribution in [1.82, 2.24) is 10.0 Å². The highest BCUT2D eigenvalue weighted by atomic mass is 35.5. The molecule has 8 heteroatoms. The molecular weight excluding hydrogens is 460 g/mol. The van der Waals surface area contributed by atoms with Crippen molar-refractivity contribution in [3.8, 4) is 0 Å². The van der Waals surface area contributed by atoms with E-state index in [1.807, 2.05) is 42.5 Å². The average Bonchev–Trinajstić information content (AvgIpc) is 3.36. The van der Waals surface area contributed by atoms with Gasteiger partial charge in [0.05, 0.1) is 17.0 Å². The van der Waals surface area contributed by atoms with Crippen LogP contribution in [0.25, 0.3) is 0 Å². The molecule has 3 aromatic rings. The van der Waals surface area contributed by atoms with E-state index in [0.29, 0.717) is 17.2 Å². The van der Waals surface area contributed by atoms with E-state index in [2.05, 4.69) is 10.0 Å². The van der Waals surface area contributed by atoms with E-state index in [1.165, 1.54) is 24.3 Å². The van der Waals surface area contributed by atoms with Crippen molar-refractivity contribution in [1.29, 1.82) is 0 Å². The molecule has 3 aromatic carbocycles. The monoisotopic (exact) mass is 484 g/mol. The van der Waals surface area contributed by atoms with Gasteiger partial charge >= 0.3 is 0 Å². The van der Waals surface area contributed by atoms with Gasteiger partial charge in [0.1, 0.15) is 0 Å². The molecule has 0 spiro atoms. The quantitative estimate of drug-likeness (QED) is 0.498. The Balaban J connectivity index is 1.48. The highest BCUT2D eigenvalue weighted by Gasteiger charge is 2.21. The van der Waals surface area contributed by atoms with Gasteiger partial charge in [-0.15, -0.1) is 0 Å². The number of ether oxygens (including phenoxy) is 1. The Morgan fingerprint density at radius 3 is 2.27 bits per heavy atom. The normalized spacial score (nSPS) is 16.9. The zero-order valence-corrected chi connectivity index (χ0v) is 19.5. The third-order valence-electron chi connectivity index (χ3n) is 5.56. The average molecular weight is 485 g/mol. The first-order valence-electron chi connectivity index (χ1n) is 10.7. The summed E-state index contributed by atoms with van der Waals surface area (Å²) < 4.78 is 33.2. The molecule has 0 aromatic heterocycles. The smallest absolute Gasteiger partial charge is 0.252 e. The number of halogens is 1. The minimum absolute atomic E-state index is 0.0902. The van der Waals surface area contributed by atoms with Crippen molar-refractivity contribution < 1.29 is 17.9 Å². The predicted octanol–water partition coefficient (Wildman–Crippen LogP) is 4.32. The summed E-state index contributed by atoms with van der Waals surface area (Å²) in [6, 6.07) is 22.4. The van der Waals surface area contributed by atoms with Crippen molar-refractivity contribution in [3.63, 3.8) is 0 Å². The summed E-state index contributed by atoms with van der Waals surface area (Å²) >= 11 is 6.03. The number of rotatable bonds is 8. The van der Waals surface area contributed by atoms with Crippen LogP contribution in [0, 0.1) is 0 Å². The van der Waals surface area contributed by atoms with Gasteiger partial charge in [-0.3, -0.25) is 4.79 Å². The van der Waals surface area contributed by atoms with E-state index in [1.54, 1.807) is 12.1 Å². The lowest BCUT2D eigenvalue weighted by Crippen LogP contribution is -2.32. The van der Waals surface area contributed by atoms with Crippen molar-refractivity contribution in [2.24, 2.45) is 0 Å². The maximum absolute atomic E-state index is 13.0. The van der Waals surface area contributed by atoms with Gasteiger partial charge in [0, 0.05) is 23.7 Å². The lowest BCUT2D eigenvalue weighted by atomic mass is 9.98. The molecule has 2 unspecified atom stereocenters. The van der Waals surface area contributed by atoms with Gasteiger partial charge in [-0.1, -0.05) is 54.1 Å². The van der Waals surface area contributed by atoms with E-state index in [-0.39, 0.29) is 29.5 Å². The Morgan fingerprint density at radius 1 is 0.970 bits per heavy atom. The second-order valence-electron chi connectivity index (χ2n) is 7.88. The summed E-state index contributed by atoms with van der Waals surface area (Å²) in [6.07, 6.45) is 1.70. The van der Waals surface area contributed by atoms with E-state index in [0.717, 1.165) is 24.0 Å². The molecule has 1 aliphatic heterocycles. The van der Waals surface area contributed by atoms with Crippen LogP contribution in [0.2, 0.25) is 5.02 Å². The Kier molecular flexibility index (Phi) is 7.45. The van der Waals surface area contributed by atoms with Gasteiger partial charge in [0.15, 0.2) is 0 Å². The van der Waals surface area contributed by atoms with Gasteiger partial charge in [0.2, 0.25) is 10.0 Å². The van der Waals surface area contributed by atoms with Crippen LogP contribution in [0.1, 0.15) is 40.4 Å². The molecule has 0 radical (unpaired) electrons. The predicted molar refractivity (Wildman–Crippen MR) is 128 cm³/mol. The summed E-state index contributed by atoms with van der Waals surface area (Å²) in [6.45, 7) is 0.903. The van der Waals surface area contributed by atoms with Gasteiger partial charge in [-0.25, -0.2) is 13.1 Å². The Hall–Kier alpha value is -2.71. The van der Waals surface area contributed by atoms with E-state index in [4.69, 9.17) is 16.3 Å². The zero-order valence-electron chi connectivity index (χ0n) is 17.9. The first kappa shape index (κ1) is 23.4. The van der Waals surface area contributed by atoms with Crippen LogP contribution in [0.4, 0.5) is 0 Å². The minimum atomic E-state index is -3.68. The Bertz CT molecular complexity index is 1180. The largest absolute Gasteiger partial charge is 0.377 e. The summed E-state index contributed by atoms with van der Waals surface area (Å²) in [7, 11) is -3.68. The van der Waals surface area contributed by atoms with Crippen LogP contribution in [0.15, 0.2) is 83.8 Å². The molecule has 0 bridgehead atoms. The van der Waals surface area contributed by atoms with Gasteiger partial charge < -0.3 is 10.1 Å². The Morgan fingerprint density at radius 2 is 1.64 bits per heavy atom. The third kappa shape index (κ3) is 6.00. The van der Waals surface area contributed by atoms with Crippen molar-refractivity contribution in [3.05, 3.63) is 101 Å². The fraction of sp³-hybridized carbons (Fsp3) is 0.240. The molecular formula is C25H25ClN2O4S. The van der Waals surface area contributed by atoms with Crippen molar-refractivity contribution >= 4 is 27.5 Å². The van der Waals surface area contributed by atoms with Crippen molar-refractivity contribution in [2.75, 3.05) is 13.2 Å². The molecule has 1 aliphatic rings. The number of hydrogen-bond acceptors (Lipinski definition) is 4. The highest BCUT2D eigenvalue weighted by molar-refractivity contribution is 7.89. The number of hydrogen-bond donors (Lipinski definition) is 2. The van der Waals surface area contributed by atoms with Gasteiger partial charge in [-0.05, 0) is 60.4 Å². The van der Waals surface area contributed by atoms with Crippen molar-refractivity contribution in [2.45, 2.75) is 29.9 Å². The number of carbonyl (C=O) groups is 1. The number of amides is 1. The van der Waals surface area contributed by atoms with E-state index < -0.39 is 10.0 Å². The zero-order chi connectivity index (χ0) is 23.3. The van der Waals surface area contributed by atoms with Gasteiger partial charge in [-0.2, -0.15) is 0 Å². The standard InChI is InChI=1S/C25H25ClN2O4S/c26-21-12-8-19(9-13-21)24(18-5-2-1-3-6-18)28-25(29)20-10-14-23(15-11-20)33(30,31)27-17-22-7-4-16-32-22/h1-3,5-6,8-15,22,24,27H,4,7,16-17H2,(H,28,29). The topological polar surface area (TPSA) is 84.5 Å². The summed E-state index contributed by atoms with van der Waals surface area (Å²) in [5.74, 6) is -0.310. The molecule has 2 N–H and O–H groups in total. The maximum atomic E-state index is 13.0. The van der Waals surface area contributed by atoms with Crippen LogP contribution in [-0.4, -0.2) is 33.6 Å². The van der Waals surface area contributed by atoms with E-state index >= 15 is 0 Å². The number of benzene rings is 3. The fourth-order valence-corrected chi connectivity index (χ4v) is 4.94. The van der Waals surface area contributed by atoms with E-state index in [9.17, 15) is 13.2 Å². The number of nitrogens with one attached hydrogen (secondary N) is 2. The summed E-state index contributed by atoms with van der Waals surface area (Å²) in [5.41, 5.74) is 2.17. The Labute approximate surface area is 199 Å². The van der Waals surface area contributed by atoms with Crippen LogP contribution < -0.4 is 10.0 Å². The molecule has 33 heavy (non-hydrogen) atoms. The lowest BCUT2D eigenvalue weighted by molar-refractivity contribution is 0.0943. The third-order valence-corrected chi connectivity index (χ3v) is 7.25. The molecule has 1 fully saturated rings. The molecule has 0 aliphatic carbocycles. The number of carbonyl (C=O) groups excluding carboxylic acids is 1. The summed E-state index contributed by atoms with van der Waals surface area (Å²) in [4.78, 5) is 13.1. The second-order valence-corrected chi connectivity index (χ2v) is 10.1. The maximum Gasteiger partial charge on any atom is 0.252 e. The molecule has 2 atom stereocenters. The molecule has 1 saturated heterocycles. The molecule has 1 heterocycles. The SMILES string of the molecule is O=C(NC(c1ccccc1)c1ccc(Cl)cc1)c1ccc(S(=O)(=O)NCC2CCCO2)cc1. The van der Waals surface area contributed by atoms with Crippen LogP contribution in [-0.2, 0) is 14.8 Å². The summed E-state index contributed by atoms with van der Waals surface area (Å²) in [5, 5.41) is 3.65. The van der Waals surface area contributed by atoms with Gasteiger partial charge in [0.25, 0.3) is 5.91 Å². The second kappa shape index (κ2) is 10.5. The molecule has 0 saturated carbocycles. The molecule has 172 valence electrons. The molecule has 1 amide bonds. The first-order chi connectivity index (χ1) is 15.9. The minimum Gasteiger partial charge on any atom is -0.377 e. The molecule has 4 rings (SSSR count). The van der Waals surface area contributed by atoms with Crippen LogP contribution in [0.5, 0.6) is 0 Å². The highest BCUT2D eigenvalue weighted by Crippen LogP contribution is 2.24. The molecule has 6 nitrogen and oxygen atoms in total.